The molecule has 0 aromatic heterocycles. The van der Waals surface area contributed by atoms with Crippen molar-refractivity contribution in [2.75, 3.05) is 6.54 Å². The second-order valence-electron chi connectivity index (χ2n) is 11.6. The van der Waals surface area contributed by atoms with E-state index in [1.54, 1.807) is 0 Å². The molecule has 2 aliphatic carbocycles. The maximum atomic E-state index is 15.0. The molecule has 15 heteroatoms. The van der Waals surface area contributed by atoms with Crippen molar-refractivity contribution in [3.63, 3.8) is 0 Å². The van der Waals surface area contributed by atoms with E-state index < -0.39 is 67.8 Å². The summed E-state index contributed by atoms with van der Waals surface area (Å²) >= 11 is 0. The number of hydrogen-bond donors (Lipinski definition) is 2. The highest BCUT2D eigenvalue weighted by Crippen LogP contribution is 2.58. The van der Waals surface area contributed by atoms with Crippen molar-refractivity contribution in [2.45, 2.75) is 78.7 Å². The first-order valence-electron chi connectivity index (χ1n) is 14.0. The third kappa shape index (κ3) is 5.04. The monoisotopic (exact) mass is 652 g/mol. The van der Waals surface area contributed by atoms with E-state index >= 15 is 4.39 Å². The van der Waals surface area contributed by atoms with Gasteiger partial charge in [-0.1, -0.05) is 18.2 Å². The van der Waals surface area contributed by atoms with E-state index in [-0.39, 0.29) is 67.0 Å². The number of sulfone groups is 1. The number of piperidine rings is 1. The number of carbonyl (C=O) groups excluding carboxylic acids is 2. The first-order valence-corrected chi connectivity index (χ1v) is 15.5. The Kier molecular flexibility index (Phi) is 8.03. The van der Waals surface area contributed by atoms with Gasteiger partial charge in [-0.15, -0.1) is 0 Å². The van der Waals surface area contributed by atoms with Crippen LogP contribution >= 0.6 is 0 Å². The minimum atomic E-state index is -6.36. The maximum absolute atomic E-state index is 15.0. The number of hydrogen-bond acceptors (Lipinski definition) is 4. The highest BCUT2D eigenvalue weighted by Gasteiger charge is 2.73. The zero-order valence-electron chi connectivity index (χ0n) is 23.0. The molecule has 2 N–H and O–H groups in total. The number of amides is 2. The molecule has 5 rings (SSSR count). The van der Waals surface area contributed by atoms with E-state index in [0.717, 1.165) is 30.3 Å². The molecule has 1 aliphatic heterocycles. The summed E-state index contributed by atoms with van der Waals surface area (Å²) in [7, 11) is -4.54. The summed E-state index contributed by atoms with van der Waals surface area (Å²) in [5.74, 6) is -3.11. The molecular formula is C29H28F8N2O4S. The Morgan fingerprint density at radius 3 is 2.20 bits per heavy atom. The molecule has 44 heavy (non-hydrogen) atoms. The second-order valence-corrected chi connectivity index (χ2v) is 13.8. The van der Waals surface area contributed by atoms with Gasteiger partial charge in [0.15, 0.2) is 9.84 Å². The molecule has 6 nitrogen and oxygen atoms in total. The van der Waals surface area contributed by atoms with E-state index in [1.807, 2.05) is 0 Å². The molecule has 2 amide bonds. The molecule has 1 unspecified atom stereocenters. The van der Waals surface area contributed by atoms with Crippen LogP contribution in [0.4, 0.5) is 35.1 Å². The number of rotatable bonds is 5. The number of benzene rings is 2. The second kappa shape index (κ2) is 11.0. The van der Waals surface area contributed by atoms with Gasteiger partial charge in [0.1, 0.15) is 10.6 Å². The van der Waals surface area contributed by atoms with Crippen LogP contribution < -0.4 is 10.6 Å². The Labute approximate surface area is 247 Å². The number of alkyl halides is 7. The maximum Gasteiger partial charge on any atom is 0.435 e. The third-order valence-corrected chi connectivity index (χ3v) is 11.7. The zero-order chi connectivity index (χ0) is 32.3. The van der Waals surface area contributed by atoms with E-state index in [0.29, 0.717) is 18.6 Å². The molecule has 2 aromatic rings. The lowest BCUT2D eigenvalue weighted by Crippen LogP contribution is -2.50. The van der Waals surface area contributed by atoms with Gasteiger partial charge in [-0.2, -0.15) is 26.3 Å². The fraction of sp³-hybridized carbons (Fsp3) is 0.517. The van der Waals surface area contributed by atoms with Crippen LogP contribution in [0.2, 0.25) is 0 Å². The Bertz CT molecular complexity index is 1540. The smallest absolute Gasteiger partial charge is 0.356 e. The Morgan fingerprint density at radius 2 is 1.59 bits per heavy atom. The van der Waals surface area contributed by atoms with Crippen LogP contribution in [0.5, 0.6) is 0 Å². The Hall–Kier alpha value is -3.23. The summed E-state index contributed by atoms with van der Waals surface area (Å²) in [5.41, 5.74) is -7.71. The molecule has 2 aromatic carbocycles. The van der Waals surface area contributed by atoms with E-state index in [4.69, 9.17) is 0 Å². The number of halogens is 8. The van der Waals surface area contributed by atoms with E-state index in [2.05, 4.69) is 10.6 Å². The first kappa shape index (κ1) is 32.2. The van der Waals surface area contributed by atoms with E-state index in [1.165, 1.54) is 0 Å². The van der Waals surface area contributed by atoms with Gasteiger partial charge in [0.25, 0.3) is 0 Å². The number of aryl methyl sites for hydroxylation is 1. The van der Waals surface area contributed by atoms with Crippen molar-refractivity contribution in [3.8, 4) is 0 Å². The molecule has 0 radical (unpaired) electrons. The topological polar surface area (TPSA) is 92.3 Å². The van der Waals surface area contributed by atoms with Crippen LogP contribution in [0.3, 0.4) is 0 Å². The summed E-state index contributed by atoms with van der Waals surface area (Å²) in [6, 6.07) is 4.63. The highest BCUT2D eigenvalue weighted by atomic mass is 32.2. The molecule has 240 valence electrons. The number of fused-ring (bicyclic) bond motifs is 3. The average Bonchev–Trinajstić information content (AvgIpc) is 3.21. The molecule has 1 heterocycles. The van der Waals surface area contributed by atoms with Gasteiger partial charge in [-0.25, -0.2) is 17.2 Å². The van der Waals surface area contributed by atoms with Crippen molar-refractivity contribution < 1.29 is 53.1 Å². The molecule has 1 saturated heterocycles. The zero-order valence-corrected chi connectivity index (χ0v) is 23.8. The van der Waals surface area contributed by atoms with Crippen LogP contribution in [0.25, 0.3) is 0 Å². The molecule has 2 fully saturated rings. The molecule has 1 saturated carbocycles. The van der Waals surface area contributed by atoms with E-state index in [9.17, 15) is 48.7 Å². The van der Waals surface area contributed by atoms with Crippen LogP contribution in [0.15, 0.2) is 47.4 Å². The minimum absolute atomic E-state index is 0.0722. The van der Waals surface area contributed by atoms with Crippen LogP contribution in [0, 0.1) is 17.7 Å². The lowest BCUT2D eigenvalue weighted by atomic mass is 9.82. The molecular weight excluding hydrogens is 624 g/mol. The van der Waals surface area contributed by atoms with Crippen LogP contribution in [-0.2, 0) is 36.3 Å². The Morgan fingerprint density at radius 1 is 0.932 bits per heavy atom. The van der Waals surface area contributed by atoms with Crippen molar-refractivity contribution in [2.24, 2.45) is 11.8 Å². The van der Waals surface area contributed by atoms with Crippen molar-refractivity contribution >= 4 is 21.7 Å². The van der Waals surface area contributed by atoms with Crippen molar-refractivity contribution in [1.82, 2.24) is 10.6 Å². The highest BCUT2D eigenvalue weighted by molar-refractivity contribution is 7.92. The minimum Gasteiger partial charge on any atom is -0.356 e. The van der Waals surface area contributed by atoms with Gasteiger partial charge >= 0.3 is 18.0 Å². The predicted molar refractivity (Wildman–Crippen MR) is 140 cm³/mol. The lowest BCUT2D eigenvalue weighted by Gasteiger charge is -2.38. The quantitative estimate of drug-likeness (QED) is 0.328. The first-order chi connectivity index (χ1) is 20.4. The molecule has 4 atom stereocenters. The van der Waals surface area contributed by atoms with Crippen molar-refractivity contribution in [3.05, 3.63) is 65.0 Å². The van der Waals surface area contributed by atoms with Gasteiger partial charge in [0, 0.05) is 36.4 Å². The standard InChI is InChI=1S/C29H28F8N2O4S/c30-19-5-7-20(8-6-19)44(42,43)26-12-10-23(39-25(41)17-11-13-38-24(40)15-17)22(26)3-1-2-16-14-18(4-9-21(16)26)27(31,28(32,33)34)29(35,36)37/h4-9,14,17,22-23H,1-3,10-13,15H2,(H,38,40)(H,39,41)/t17?,22-,23+,26+/m0/s1. The van der Waals surface area contributed by atoms with Crippen molar-refractivity contribution in [1.29, 1.82) is 0 Å². The van der Waals surface area contributed by atoms with Gasteiger partial charge < -0.3 is 10.6 Å². The fourth-order valence-electron chi connectivity index (χ4n) is 7.06. The SMILES string of the molecule is O=C1CC(C(=O)N[C@@H]2CC[C@@]3(S(=O)(=O)c4ccc(F)cc4)c4ccc(C(F)(C(F)(F)F)C(F)(F)F)cc4CCC[C@@H]23)CCN1. The molecule has 0 spiro atoms. The predicted octanol–water partition coefficient (Wildman–Crippen LogP) is 5.54. The molecule has 0 bridgehead atoms. The van der Waals surface area contributed by atoms with Gasteiger partial charge in [-0.05, 0) is 73.9 Å². The summed E-state index contributed by atoms with van der Waals surface area (Å²) in [6.07, 6.45) is -12.5. The van der Waals surface area contributed by atoms with Crippen LogP contribution in [0.1, 0.15) is 55.2 Å². The van der Waals surface area contributed by atoms with Crippen LogP contribution in [-0.4, -0.2) is 45.2 Å². The van der Waals surface area contributed by atoms with Gasteiger partial charge in [0.05, 0.1) is 4.90 Å². The lowest BCUT2D eigenvalue weighted by molar-refractivity contribution is -0.348. The average molecular weight is 653 g/mol. The normalized spacial score (nSPS) is 26.3. The summed E-state index contributed by atoms with van der Waals surface area (Å²) in [5, 5.41) is 5.47. The molecule has 3 aliphatic rings. The van der Waals surface area contributed by atoms with Gasteiger partial charge in [-0.3, -0.25) is 9.59 Å². The fourth-order valence-corrected chi connectivity index (χ4v) is 9.53. The number of nitrogens with one attached hydrogen (secondary N) is 2. The third-order valence-electron chi connectivity index (χ3n) is 9.16. The summed E-state index contributed by atoms with van der Waals surface area (Å²) in [4.78, 5) is 24.7. The Balaban J connectivity index is 1.65. The largest absolute Gasteiger partial charge is 0.435 e. The number of carbonyl (C=O) groups is 2. The van der Waals surface area contributed by atoms with Gasteiger partial charge in [0.2, 0.25) is 11.8 Å². The summed E-state index contributed by atoms with van der Waals surface area (Å²) in [6.45, 7) is 0.273. The summed E-state index contributed by atoms with van der Waals surface area (Å²) < 4.78 is 137.